The largest absolute Gasteiger partial charge is 0.481 e. The van der Waals surface area contributed by atoms with E-state index in [1.54, 1.807) is 0 Å². The standard InChI is InChI=1S/C11H17F3O2S/c1-8-2-4-10(5-3-8,9(15)16)6-7-17-11(12,13)14/h8H,2-7H2,1H3,(H,15,16). The minimum atomic E-state index is -4.26. The van der Waals surface area contributed by atoms with Gasteiger partial charge in [0.05, 0.1) is 5.41 Å². The minimum absolute atomic E-state index is 0.110. The summed E-state index contributed by atoms with van der Waals surface area (Å²) in [6.45, 7) is 2.05. The van der Waals surface area contributed by atoms with Crippen LogP contribution in [0.4, 0.5) is 13.2 Å². The first kappa shape index (κ1) is 14.7. The van der Waals surface area contributed by atoms with Crippen LogP contribution >= 0.6 is 11.8 Å². The van der Waals surface area contributed by atoms with Crippen LogP contribution < -0.4 is 0 Å². The van der Waals surface area contributed by atoms with Crippen molar-refractivity contribution in [2.45, 2.75) is 44.5 Å². The van der Waals surface area contributed by atoms with E-state index in [2.05, 4.69) is 6.92 Å². The number of carboxylic acids is 1. The number of carbonyl (C=O) groups is 1. The summed E-state index contributed by atoms with van der Waals surface area (Å²) in [4.78, 5) is 11.2. The average molecular weight is 270 g/mol. The predicted molar refractivity (Wildman–Crippen MR) is 60.8 cm³/mol. The molecule has 1 aliphatic rings. The van der Waals surface area contributed by atoms with Gasteiger partial charge in [-0.3, -0.25) is 4.79 Å². The smallest absolute Gasteiger partial charge is 0.441 e. The van der Waals surface area contributed by atoms with Crippen LogP contribution in [0.3, 0.4) is 0 Å². The van der Waals surface area contributed by atoms with E-state index >= 15 is 0 Å². The molecular weight excluding hydrogens is 253 g/mol. The highest BCUT2D eigenvalue weighted by molar-refractivity contribution is 8.00. The molecule has 0 bridgehead atoms. The lowest BCUT2D eigenvalue weighted by atomic mass is 9.69. The summed E-state index contributed by atoms with van der Waals surface area (Å²) in [6.07, 6.45) is 2.70. The Morgan fingerprint density at radius 3 is 2.35 bits per heavy atom. The second-order valence-electron chi connectivity index (χ2n) is 4.81. The van der Waals surface area contributed by atoms with E-state index in [4.69, 9.17) is 0 Å². The van der Waals surface area contributed by atoms with Crippen LogP contribution in [-0.2, 0) is 4.79 Å². The summed E-state index contributed by atoms with van der Waals surface area (Å²) in [5, 5.41) is 9.21. The van der Waals surface area contributed by atoms with Gasteiger partial charge >= 0.3 is 11.5 Å². The van der Waals surface area contributed by atoms with Gasteiger partial charge in [0.25, 0.3) is 0 Å². The third kappa shape index (κ3) is 4.41. The lowest BCUT2D eigenvalue weighted by Gasteiger charge is -2.35. The topological polar surface area (TPSA) is 37.3 Å². The zero-order valence-electron chi connectivity index (χ0n) is 9.72. The van der Waals surface area contributed by atoms with Crippen molar-refractivity contribution in [1.29, 1.82) is 0 Å². The molecule has 100 valence electrons. The lowest BCUT2D eigenvalue weighted by molar-refractivity contribution is -0.151. The van der Waals surface area contributed by atoms with Crippen LogP contribution in [0.25, 0.3) is 0 Å². The summed E-state index contributed by atoms with van der Waals surface area (Å²) in [5.74, 6) is -0.616. The van der Waals surface area contributed by atoms with Gasteiger partial charge in [0.2, 0.25) is 0 Å². The molecule has 1 fully saturated rings. The van der Waals surface area contributed by atoms with E-state index in [1.165, 1.54) is 0 Å². The maximum atomic E-state index is 12.0. The van der Waals surface area contributed by atoms with E-state index < -0.39 is 16.9 Å². The summed E-state index contributed by atoms with van der Waals surface area (Å²) in [7, 11) is 0. The quantitative estimate of drug-likeness (QED) is 0.841. The van der Waals surface area contributed by atoms with E-state index in [1.807, 2.05) is 0 Å². The van der Waals surface area contributed by atoms with Crippen molar-refractivity contribution < 1.29 is 23.1 Å². The monoisotopic (exact) mass is 270 g/mol. The summed E-state index contributed by atoms with van der Waals surface area (Å²) in [5.41, 5.74) is -5.19. The number of carboxylic acid groups (broad SMARTS) is 1. The molecule has 0 amide bonds. The molecule has 0 unspecified atom stereocenters. The molecule has 6 heteroatoms. The molecule has 0 aromatic rings. The fourth-order valence-corrected chi connectivity index (χ4v) is 2.97. The Bertz CT molecular complexity index is 270. The van der Waals surface area contributed by atoms with Crippen LogP contribution in [0.5, 0.6) is 0 Å². The maximum Gasteiger partial charge on any atom is 0.441 e. The predicted octanol–water partition coefficient (Wildman–Crippen LogP) is 3.91. The SMILES string of the molecule is CC1CCC(CCSC(F)(F)F)(C(=O)O)CC1. The molecule has 0 saturated heterocycles. The van der Waals surface area contributed by atoms with E-state index in [0.717, 1.165) is 12.8 Å². The van der Waals surface area contributed by atoms with Gasteiger partial charge in [-0.05, 0) is 38.0 Å². The van der Waals surface area contributed by atoms with Crippen molar-refractivity contribution >= 4 is 17.7 Å². The number of halogens is 3. The van der Waals surface area contributed by atoms with Crippen LogP contribution in [0.15, 0.2) is 0 Å². The average Bonchev–Trinajstić information content (AvgIpc) is 2.19. The zero-order chi connectivity index (χ0) is 13.1. The first-order valence-corrected chi connectivity index (χ1v) is 6.68. The van der Waals surface area contributed by atoms with Crippen LogP contribution in [0.2, 0.25) is 0 Å². The van der Waals surface area contributed by atoms with Gasteiger partial charge in [-0.1, -0.05) is 18.7 Å². The van der Waals surface area contributed by atoms with Crippen molar-refractivity contribution in [2.24, 2.45) is 11.3 Å². The second-order valence-corrected chi connectivity index (χ2v) is 5.97. The lowest BCUT2D eigenvalue weighted by Crippen LogP contribution is -2.35. The van der Waals surface area contributed by atoms with Crippen molar-refractivity contribution in [3.63, 3.8) is 0 Å². The zero-order valence-corrected chi connectivity index (χ0v) is 10.5. The van der Waals surface area contributed by atoms with Crippen LogP contribution in [0.1, 0.15) is 39.0 Å². The molecule has 0 radical (unpaired) electrons. The highest BCUT2D eigenvalue weighted by Gasteiger charge is 2.41. The number of aliphatic carboxylic acids is 1. The van der Waals surface area contributed by atoms with Gasteiger partial charge in [-0.25, -0.2) is 0 Å². The molecule has 1 saturated carbocycles. The van der Waals surface area contributed by atoms with Crippen molar-refractivity contribution in [2.75, 3.05) is 5.75 Å². The Kier molecular flexibility index (Phi) is 4.75. The van der Waals surface area contributed by atoms with Gasteiger partial charge in [0.15, 0.2) is 0 Å². The number of thioether (sulfide) groups is 1. The summed E-state index contributed by atoms with van der Waals surface area (Å²) < 4.78 is 36.0. The third-order valence-electron chi connectivity index (χ3n) is 3.53. The molecule has 2 nitrogen and oxygen atoms in total. The van der Waals surface area contributed by atoms with Gasteiger partial charge in [0.1, 0.15) is 0 Å². The Morgan fingerprint density at radius 1 is 1.41 bits per heavy atom. The Hall–Kier alpha value is -0.390. The first-order valence-electron chi connectivity index (χ1n) is 5.69. The highest BCUT2D eigenvalue weighted by Crippen LogP contribution is 2.43. The Labute approximate surface area is 103 Å². The van der Waals surface area contributed by atoms with Gasteiger partial charge in [-0.2, -0.15) is 13.2 Å². The fraction of sp³-hybridized carbons (Fsp3) is 0.909. The normalized spacial score (nSPS) is 30.2. The summed E-state index contributed by atoms with van der Waals surface area (Å²) >= 11 is -0.119. The molecule has 0 atom stereocenters. The molecule has 0 aromatic carbocycles. The minimum Gasteiger partial charge on any atom is -0.481 e. The van der Waals surface area contributed by atoms with E-state index in [0.29, 0.717) is 18.8 Å². The molecular formula is C11H17F3O2S. The van der Waals surface area contributed by atoms with Crippen LogP contribution in [-0.4, -0.2) is 22.3 Å². The van der Waals surface area contributed by atoms with Crippen molar-refractivity contribution in [3.05, 3.63) is 0 Å². The van der Waals surface area contributed by atoms with E-state index in [9.17, 15) is 23.1 Å². The molecule has 0 spiro atoms. The van der Waals surface area contributed by atoms with Crippen molar-refractivity contribution in [1.82, 2.24) is 0 Å². The molecule has 1 N–H and O–H groups in total. The summed E-state index contributed by atoms with van der Waals surface area (Å²) in [6, 6.07) is 0. The second kappa shape index (κ2) is 5.50. The Balaban J connectivity index is 2.52. The molecule has 17 heavy (non-hydrogen) atoms. The molecule has 1 rings (SSSR count). The number of alkyl halides is 3. The maximum absolute atomic E-state index is 12.0. The highest BCUT2D eigenvalue weighted by atomic mass is 32.2. The molecule has 0 aliphatic heterocycles. The van der Waals surface area contributed by atoms with Crippen LogP contribution in [0, 0.1) is 11.3 Å². The third-order valence-corrected chi connectivity index (χ3v) is 4.27. The van der Waals surface area contributed by atoms with Crippen molar-refractivity contribution in [3.8, 4) is 0 Å². The van der Waals surface area contributed by atoms with E-state index in [-0.39, 0.29) is 23.9 Å². The molecule has 0 heterocycles. The molecule has 0 aromatic heterocycles. The fourth-order valence-electron chi connectivity index (χ4n) is 2.25. The number of hydrogen-bond donors (Lipinski definition) is 1. The van der Waals surface area contributed by atoms with Gasteiger partial charge < -0.3 is 5.11 Å². The molecule has 1 aliphatic carbocycles. The van der Waals surface area contributed by atoms with Gasteiger partial charge in [0, 0.05) is 5.75 Å². The van der Waals surface area contributed by atoms with Gasteiger partial charge in [-0.15, -0.1) is 0 Å². The number of hydrogen-bond acceptors (Lipinski definition) is 2. The first-order chi connectivity index (χ1) is 7.75. The Morgan fingerprint density at radius 2 is 1.94 bits per heavy atom. The number of rotatable bonds is 4.